The van der Waals surface area contributed by atoms with Crippen molar-refractivity contribution in [2.75, 3.05) is 7.05 Å². The minimum atomic E-state index is -3.50. The van der Waals surface area contributed by atoms with E-state index in [-0.39, 0.29) is 15.1 Å². The van der Waals surface area contributed by atoms with Crippen LogP contribution in [0.4, 0.5) is 0 Å². The molecule has 2 rings (SSSR count). The van der Waals surface area contributed by atoms with Gasteiger partial charge in [0.25, 0.3) is 10.0 Å². The van der Waals surface area contributed by atoms with Gasteiger partial charge in [0, 0.05) is 13.1 Å². The Morgan fingerprint density at radius 2 is 2.12 bits per heavy atom. The van der Waals surface area contributed by atoms with E-state index in [1.807, 2.05) is 0 Å². The number of carboxylic acid groups (broad SMARTS) is 1. The van der Waals surface area contributed by atoms with Gasteiger partial charge in [0.1, 0.15) is 9.09 Å². The van der Waals surface area contributed by atoms with E-state index in [1.54, 1.807) is 0 Å². The summed E-state index contributed by atoms with van der Waals surface area (Å²) in [5.74, 6) is -1.10. The van der Waals surface area contributed by atoms with Crippen molar-refractivity contribution >= 4 is 27.3 Å². The predicted octanol–water partition coefficient (Wildman–Crippen LogP) is 1.23. The Morgan fingerprint density at radius 1 is 1.50 bits per heavy atom. The zero-order chi connectivity index (χ0) is 11.9. The van der Waals surface area contributed by atoms with Crippen molar-refractivity contribution in [2.24, 2.45) is 0 Å². The van der Waals surface area contributed by atoms with Gasteiger partial charge < -0.3 is 5.11 Å². The SMILES string of the molecule is CN(C1CC1)S(=O)(=O)c1ccc(C(=O)O)s1. The molecule has 1 fully saturated rings. The minimum Gasteiger partial charge on any atom is -0.477 e. The van der Waals surface area contributed by atoms with E-state index in [0.717, 1.165) is 24.2 Å². The second-order valence-electron chi connectivity index (χ2n) is 3.68. The highest BCUT2D eigenvalue weighted by atomic mass is 32.2. The number of hydrogen-bond donors (Lipinski definition) is 1. The number of nitrogens with zero attached hydrogens (tertiary/aromatic N) is 1. The molecule has 0 radical (unpaired) electrons. The van der Waals surface area contributed by atoms with E-state index < -0.39 is 16.0 Å². The van der Waals surface area contributed by atoms with Crippen molar-refractivity contribution in [2.45, 2.75) is 23.1 Å². The van der Waals surface area contributed by atoms with Gasteiger partial charge in [0.2, 0.25) is 0 Å². The van der Waals surface area contributed by atoms with E-state index in [2.05, 4.69) is 0 Å². The highest BCUT2D eigenvalue weighted by molar-refractivity contribution is 7.91. The van der Waals surface area contributed by atoms with Crippen LogP contribution in [-0.2, 0) is 10.0 Å². The molecule has 1 N–H and O–H groups in total. The first-order chi connectivity index (χ1) is 7.43. The Hall–Kier alpha value is -0.920. The van der Waals surface area contributed by atoms with Crippen molar-refractivity contribution in [3.63, 3.8) is 0 Å². The summed E-state index contributed by atoms with van der Waals surface area (Å²) in [6, 6.07) is 2.75. The molecule has 1 aromatic rings. The van der Waals surface area contributed by atoms with Crippen LogP contribution in [0.1, 0.15) is 22.5 Å². The molecule has 0 spiro atoms. The summed E-state index contributed by atoms with van der Waals surface area (Å²) < 4.78 is 25.4. The molecular formula is C9H11NO4S2. The van der Waals surface area contributed by atoms with Gasteiger partial charge in [-0.3, -0.25) is 0 Å². The van der Waals surface area contributed by atoms with Crippen LogP contribution in [-0.4, -0.2) is 36.9 Å². The van der Waals surface area contributed by atoms with Crippen LogP contribution < -0.4 is 0 Å². The predicted molar refractivity (Wildman–Crippen MR) is 59.2 cm³/mol. The maximum atomic E-state index is 12.0. The molecule has 1 aromatic heterocycles. The average molecular weight is 261 g/mol. The maximum absolute atomic E-state index is 12.0. The molecule has 0 saturated heterocycles. The molecule has 0 bridgehead atoms. The van der Waals surface area contributed by atoms with Crippen LogP contribution in [0.3, 0.4) is 0 Å². The van der Waals surface area contributed by atoms with Crippen molar-refractivity contribution < 1.29 is 18.3 Å². The van der Waals surface area contributed by atoms with Gasteiger partial charge in [-0.25, -0.2) is 13.2 Å². The number of aromatic carboxylic acids is 1. The van der Waals surface area contributed by atoms with E-state index in [1.165, 1.54) is 23.5 Å². The van der Waals surface area contributed by atoms with Gasteiger partial charge in [0.15, 0.2) is 0 Å². The molecule has 0 unspecified atom stereocenters. The van der Waals surface area contributed by atoms with Crippen LogP contribution in [0, 0.1) is 0 Å². The molecular weight excluding hydrogens is 250 g/mol. The molecule has 7 heteroatoms. The molecule has 0 atom stereocenters. The van der Waals surface area contributed by atoms with Gasteiger partial charge in [-0.1, -0.05) is 0 Å². The van der Waals surface area contributed by atoms with Gasteiger partial charge in [-0.15, -0.1) is 11.3 Å². The monoisotopic (exact) mass is 261 g/mol. The summed E-state index contributed by atoms with van der Waals surface area (Å²) >= 11 is 0.792. The lowest BCUT2D eigenvalue weighted by atomic mass is 10.5. The molecule has 1 saturated carbocycles. The van der Waals surface area contributed by atoms with Crippen LogP contribution in [0.25, 0.3) is 0 Å². The maximum Gasteiger partial charge on any atom is 0.345 e. The summed E-state index contributed by atoms with van der Waals surface area (Å²) in [5, 5.41) is 8.73. The van der Waals surface area contributed by atoms with Crippen molar-refractivity contribution in [3.05, 3.63) is 17.0 Å². The highest BCUT2D eigenvalue weighted by Gasteiger charge is 2.35. The van der Waals surface area contributed by atoms with Gasteiger partial charge in [-0.05, 0) is 25.0 Å². The Morgan fingerprint density at radius 3 is 2.56 bits per heavy atom. The summed E-state index contributed by atoms with van der Waals surface area (Å²) in [6.45, 7) is 0. The molecule has 1 aliphatic carbocycles. The smallest absolute Gasteiger partial charge is 0.345 e. The summed E-state index contributed by atoms with van der Waals surface area (Å²) in [4.78, 5) is 10.7. The fourth-order valence-electron chi connectivity index (χ4n) is 1.35. The number of rotatable bonds is 4. The van der Waals surface area contributed by atoms with Gasteiger partial charge in [0.05, 0.1) is 0 Å². The first-order valence-corrected chi connectivity index (χ1v) is 7.00. The van der Waals surface area contributed by atoms with Gasteiger partial charge in [-0.2, -0.15) is 4.31 Å². The van der Waals surface area contributed by atoms with Crippen LogP contribution in [0.15, 0.2) is 16.3 Å². The first kappa shape index (κ1) is 11.6. The third-order valence-corrected chi connectivity index (χ3v) is 5.94. The standard InChI is InChI=1S/C9H11NO4S2/c1-10(6-2-3-6)16(13,14)8-5-4-7(15-8)9(11)12/h4-6H,2-3H2,1H3,(H,11,12). The fraction of sp³-hybridized carbons (Fsp3) is 0.444. The topological polar surface area (TPSA) is 74.7 Å². The Labute approximate surface area is 97.4 Å². The normalized spacial score (nSPS) is 16.6. The Bertz CT molecular complexity index is 515. The zero-order valence-corrected chi connectivity index (χ0v) is 10.2. The van der Waals surface area contributed by atoms with E-state index >= 15 is 0 Å². The molecule has 5 nitrogen and oxygen atoms in total. The number of sulfonamides is 1. The largest absolute Gasteiger partial charge is 0.477 e. The number of carbonyl (C=O) groups is 1. The lowest BCUT2D eigenvalue weighted by molar-refractivity contribution is 0.0702. The number of thiophene rings is 1. The quantitative estimate of drug-likeness (QED) is 0.884. The van der Waals surface area contributed by atoms with Crippen LogP contribution in [0.2, 0.25) is 0 Å². The molecule has 16 heavy (non-hydrogen) atoms. The van der Waals surface area contributed by atoms with Crippen molar-refractivity contribution in [1.82, 2.24) is 4.31 Å². The summed E-state index contributed by atoms with van der Waals surface area (Å²) in [5.41, 5.74) is 0. The van der Waals surface area contributed by atoms with E-state index in [4.69, 9.17) is 5.11 Å². The number of carboxylic acids is 1. The lowest BCUT2D eigenvalue weighted by Gasteiger charge is -2.14. The lowest BCUT2D eigenvalue weighted by Crippen LogP contribution is -2.28. The summed E-state index contributed by atoms with van der Waals surface area (Å²) in [7, 11) is -1.97. The third-order valence-electron chi connectivity index (χ3n) is 2.49. The Balaban J connectivity index is 2.31. The third kappa shape index (κ3) is 1.98. The Kier molecular flexibility index (Phi) is 2.77. The van der Waals surface area contributed by atoms with E-state index in [9.17, 15) is 13.2 Å². The molecule has 0 aromatic carbocycles. The second kappa shape index (κ2) is 3.83. The summed E-state index contributed by atoms with van der Waals surface area (Å²) in [6.07, 6.45) is 1.76. The molecule has 1 aliphatic rings. The fourth-order valence-corrected chi connectivity index (χ4v) is 4.10. The van der Waals surface area contributed by atoms with Crippen LogP contribution in [0.5, 0.6) is 0 Å². The van der Waals surface area contributed by atoms with Crippen molar-refractivity contribution in [3.8, 4) is 0 Å². The molecule has 0 amide bonds. The number of hydrogen-bond acceptors (Lipinski definition) is 4. The second-order valence-corrected chi connectivity index (χ2v) is 6.98. The van der Waals surface area contributed by atoms with Crippen molar-refractivity contribution in [1.29, 1.82) is 0 Å². The molecule has 1 heterocycles. The average Bonchev–Trinajstić information content (AvgIpc) is 2.92. The zero-order valence-electron chi connectivity index (χ0n) is 8.58. The van der Waals surface area contributed by atoms with Gasteiger partial charge >= 0.3 is 5.97 Å². The highest BCUT2D eigenvalue weighted by Crippen LogP contribution is 2.32. The minimum absolute atomic E-state index is 0.0442. The first-order valence-electron chi connectivity index (χ1n) is 4.74. The molecule has 0 aliphatic heterocycles. The molecule has 88 valence electrons. The van der Waals surface area contributed by atoms with Crippen LogP contribution >= 0.6 is 11.3 Å². The van der Waals surface area contributed by atoms with E-state index in [0.29, 0.717) is 0 Å².